The number of benzene rings is 2. The SMILES string of the molecule is CCCCCCOC1CCC(COc2cccc(-c3ccc(F)cc3)c2F)CC1. The van der Waals surface area contributed by atoms with Crippen LogP contribution in [0.25, 0.3) is 11.1 Å². The molecule has 1 fully saturated rings. The van der Waals surface area contributed by atoms with E-state index in [0.29, 0.717) is 29.8 Å². The van der Waals surface area contributed by atoms with Crippen LogP contribution in [0.2, 0.25) is 0 Å². The molecular weight excluding hydrogens is 370 g/mol. The largest absolute Gasteiger partial charge is 0.490 e. The minimum absolute atomic E-state index is 0.265. The van der Waals surface area contributed by atoms with Gasteiger partial charge in [-0.05, 0) is 61.8 Å². The summed E-state index contributed by atoms with van der Waals surface area (Å²) in [6.45, 7) is 3.61. The molecular formula is C25H32F2O2. The molecule has 29 heavy (non-hydrogen) atoms. The summed E-state index contributed by atoms with van der Waals surface area (Å²) in [4.78, 5) is 0. The van der Waals surface area contributed by atoms with Crippen molar-refractivity contribution in [3.8, 4) is 16.9 Å². The van der Waals surface area contributed by atoms with Gasteiger partial charge in [-0.2, -0.15) is 0 Å². The number of unbranched alkanes of at least 4 members (excludes halogenated alkanes) is 3. The lowest BCUT2D eigenvalue weighted by molar-refractivity contribution is 0.0109. The molecule has 4 heteroatoms. The van der Waals surface area contributed by atoms with Crippen molar-refractivity contribution in [2.24, 2.45) is 5.92 Å². The summed E-state index contributed by atoms with van der Waals surface area (Å²) in [5.74, 6) is -0.0183. The zero-order chi connectivity index (χ0) is 20.5. The Hall–Kier alpha value is -1.94. The average molecular weight is 403 g/mol. The molecule has 0 aromatic heterocycles. The molecule has 2 aromatic rings. The molecule has 0 spiro atoms. The number of halogens is 2. The fraction of sp³-hybridized carbons (Fsp3) is 0.520. The van der Waals surface area contributed by atoms with Gasteiger partial charge in [-0.25, -0.2) is 8.78 Å². The van der Waals surface area contributed by atoms with Crippen LogP contribution in [0.4, 0.5) is 8.78 Å². The minimum atomic E-state index is -0.386. The topological polar surface area (TPSA) is 18.5 Å². The average Bonchev–Trinajstić information content (AvgIpc) is 2.74. The van der Waals surface area contributed by atoms with Crippen LogP contribution < -0.4 is 4.74 Å². The molecule has 0 bridgehead atoms. The summed E-state index contributed by atoms with van der Waals surface area (Å²) in [7, 11) is 0. The standard InChI is InChI=1S/C25H32F2O2/c1-2-3-4-5-17-28-22-15-9-19(10-16-22)18-29-24-8-6-7-23(25(24)27)20-11-13-21(26)14-12-20/h6-8,11-14,19,22H,2-5,9-10,15-18H2,1H3. The fourth-order valence-corrected chi connectivity index (χ4v) is 3.93. The van der Waals surface area contributed by atoms with E-state index in [1.54, 1.807) is 30.3 Å². The van der Waals surface area contributed by atoms with Crippen LogP contribution in [0.15, 0.2) is 42.5 Å². The van der Waals surface area contributed by atoms with Crippen LogP contribution in [0, 0.1) is 17.6 Å². The van der Waals surface area contributed by atoms with Gasteiger partial charge < -0.3 is 9.47 Å². The smallest absolute Gasteiger partial charge is 0.172 e. The third-order valence-electron chi connectivity index (χ3n) is 5.74. The molecule has 0 unspecified atom stereocenters. The predicted molar refractivity (Wildman–Crippen MR) is 113 cm³/mol. The van der Waals surface area contributed by atoms with Crippen molar-refractivity contribution in [3.63, 3.8) is 0 Å². The summed E-state index contributed by atoms with van der Waals surface area (Å²) in [5, 5.41) is 0. The van der Waals surface area contributed by atoms with Gasteiger partial charge in [0.15, 0.2) is 11.6 Å². The van der Waals surface area contributed by atoms with Crippen LogP contribution in [-0.2, 0) is 4.74 Å². The maximum absolute atomic E-state index is 14.9. The van der Waals surface area contributed by atoms with E-state index in [-0.39, 0.29) is 17.4 Å². The molecule has 0 atom stereocenters. The highest BCUT2D eigenvalue weighted by atomic mass is 19.1. The van der Waals surface area contributed by atoms with E-state index in [9.17, 15) is 8.78 Å². The maximum Gasteiger partial charge on any atom is 0.172 e. The molecule has 1 aliphatic carbocycles. The second-order valence-electron chi connectivity index (χ2n) is 8.01. The van der Waals surface area contributed by atoms with Crippen molar-refractivity contribution in [3.05, 3.63) is 54.1 Å². The van der Waals surface area contributed by atoms with Gasteiger partial charge in [0, 0.05) is 12.2 Å². The zero-order valence-corrected chi connectivity index (χ0v) is 17.3. The summed E-state index contributed by atoms with van der Waals surface area (Å²) >= 11 is 0. The van der Waals surface area contributed by atoms with Crippen LogP contribution in [0.5, 0.6) is 5.75 Å². The molecule has 0 aliphatic heterocycles. The second kappa shape index (κ2) is 11.3. The molecule has 0 radical (unpaired) electrons. The molecule has 0 saturated heterocycles. The van der Waals surface area contributed by atoms with Crippen LogP contribution in [-0.4, -0.2) is 19.3 Å². The maximum atomic E-state index is 14.9. The van der Waals surface area contributed by atoms with Gasteiger partial charge in [0.1, 0.15) is 5.82 Å². The highest BCUT2D eigenvalue weighted by molar-refractivity contribution is 5.65. The highest BCUT2D eigenvalue weighted by Crippen LogP contribution is 2.31. The summed E-state index contributed by atoms with van der Waals surface area (Å²) in [5.41, 5.74) is 1.08. The lowest BCUT2D eigenvalue weighted by atomic mass is 9.88. The van der Waals surface area contributed by atoms with Gasteiger partial charge >= 0.3 is 0 Å². The van der Waals surface area contributed by atoms with Gasteiger partial charge in [0.25, 0.3) is 0 Å². The number of hydrogen-bond donors (Lipinski definition) is 0. The quantitative estimate of drug-likeness (QED) is 0.392. The molecule has 1 saturated carbocycles. The Morgan fingerprint density at radius 1 is 0.897 bits per heavy atom. The Kier molecular flexibility index (Phi) is 8.48. The Morgan fingerprint density at radius 3 is 2.38 bits per heavy atom. The van der Waals surface area contributed by atoms with E-state index >= 15 is 0 Å². The van der Waals surface area contributed by atoms with Gasteiger partial charge in [0.2, 0.25) is 0 Å². The van der Waals surface area contributed by atoms with Crippen molar-refractivity contribution in [1.29, 1.82) is 0 Å². The minimum Gasteiger partial charge on any atom is -0.490 e. The Labute approximate surface area is 173 Å². The van der Waals surface area contributed by atoms with Crippen LogP contribution >= 0.6 is 0 Å². The third-order valence-corrected chi connectivity index (χ3v) is 5.74. The lowest BCUT2D eigenvalue weighted by Gasteiger charge is -2.28. The van der Waals surface area contributed by atoms with E-state index in [4.69, 9.17) is 9.47 Å². The fourth-order valence-electron chi connectivity index (χ4n) is 3.93. The van der Waals surface area contributed by atoms with Gasteiger partial charge in [-0.15, -0.1) is 0 Å². The normalized spacial score (nSPS) is 19.3. The summed E-state index contributed by atoms with van der Waals surface area (Å²) in [6, 6.07) is 11.0. The number of rotatable bonds is 10. The van der Waals surface area contributed by atoms with E-state index in [0.717, 1.165) is 38.7 Å². The van der Waals surface area contributed by atoms with Gasteiger partial charge in [-0.1, -0.05) is 50.5 Å². The van der Waals surface area contributed by atoms with Crippen LogP contribution in [0.1, 0.15) is 58.3 Å². The second-order valence-corrected chi connectivity index (χ2v) is 8.01. The monoisotopic (exact) mass is 402 g/mol. The zero-order valence-electron chi connectivity index (χ0n) is 17.3. The first-order chi connectivity index (χ1) is 14.2. The van der Waals surface area contributed by atoms with E-state index < -0.39 is 0 Å². The summed E-state index contributed by atoms with van der Waals surface area (Å²) < 4.78 is 39.8. The van der Waals surface area contributed by atoms with Crippen molar-refractivity contribution in [1.82, 2.24) is 0 Å². The Morgan fingerprint density at radius 2 is 1.66 bits per heavy atom. The van der Waals surface area contributed by atoms with Crippen molar-refractivity contribution in [2.75, 3.05) is 13.2 Å². The number of hydrogen-bond acceptors (Lipinski definition) is 2. The molecule has 158 valence electrons. The van der Waals surface area contributed by atoms with Gasteiger partial charge in [-0.3, -0.25) is 0 Å². The van der Waals surface area contributed by atoms with E-state index in [2.05, 4.69) is 6.92 Å². The molecule has 0 N–H and O–H groups in total. The van der Waals surface area contributed by atoms with Crippen molar-refractivity contribution >= 4 is 0 Å². The Balaban J connectivity index is 1.45. The molecule has 1 aliphatic rings. The summed E-state index contributed by atoms with van der Waals surface area (Å²) in [6.07, 6.45) is 9.53. The molecule has 2 nitrogen and oxygen atoms in total. The predicted octanol–water partition coefficient (Wildman–Crippen LogP) is 7.17. The molecule has 0 amide bonds. The first-order valence-corrected chi connectivity index (χ1v) is 11.0. The van der Waals surface area contributed by atoms with Crippen LogP contribution in [0.3, 0.4) is 0 Å². The molecule has 3 rings (SSSR count). The highest BCUT2D eigenvalue weighted by Gasteiger charge is 2.22. The first kappa shape index (κ1) is 21.8. The molecule has 0 heterocycles. The van der Waals surface area contributed by atoms with E-state index in [1.807, 2.05) is 0 Å². The molecule has 2 aromatic carbocycles. The van der Waals surface area contributed by atoms with Gasteiger partial charge in [0.05, 0.1) is 12.7 Å². The third kappa shape index (κ3) is 6.53. The van der Waals surface area contributed by atoms with Crippen molar-refractivity contribution in [2.45, 2.75) is 64.4 Å². The number of ether oxygens (including phenoxy) is 2. The van der Waals surface area contributed by atoms with E-state index in [1.165, 1.54) is 31.4 Å². The first-order valence-electron chi connectivity index (χ1n) is 11.0. The van der Waals surface area contributed by atoms with Crippen molar-refractivity contribution < 1.29 is 18.3 Å². The lowest BCUT2D eigenvalue weighted by Crippen LogP contribution is -2.25. The Bertz CT molecular complexity index is 737.